The van der Waals surface area contributed by atoms with E-state index in [1.54, 1.807) is 17.8 Å². The number of benzene rings is 1. The molecule has 1 aromatic carbocycles. The van der Waals surface area contributed by atoms with Crippen LogP contribution in [0.4, 0.5) is 0 Å². The molecule has 0 bridgehead atoms. The summed E-state index contributed by atoms with van der Waals surface area (Å²) in [6.45, 7) is 4.46. The summed E-state index contributed by atoms with van der Waals surface area (Å²) in [6, 6.07) is 6.22. The Bertz CT molecular complexity index is 583. The van der Waals surface area contributed by atoms with Gasteiger partial charge in [0.2, 0.25) is 10.0 Å². The molecule has 1 aliphatic carbocycles. The Morgan fingerprint density at radius 3 is 2.71 bits per heavy atom. The van der Waals surface area contributed by atoms with E-state index in [1.807, 2.05) is 32.2 Å². The van der Waals surface area contributed by atoms with Crippen LogP contribution in [0.5, 0.6) is 0 Å². The number of rotatable bonds is 8. The van der Waals surface area contributed by atoms with Gasteiger partial charge < -0.3 is 5.32 Å². The van der Waals surface area contributed by atoms with Crippen LogP contribution >= 0.6 is 11.8 Å². The second kappa shape index (κ2) is 7.13. The molecule has 1 saturated carbocycles. The lowest BCUT2D eigenvalue weighted by Crippen LogP contribution is -2.34. The lowest BCUT2D eigenvalue weighted by atomic mass is 10.1. The van der Waals surface area contributed by atoms with E-state index < -0.39 is 10.0 Å². The minimum Gasteiger partial charge on any atom is -0.310 e. The molecule has 2 N–H and O–H groups in total. The number of thioether (sulfide) groups is 1. The SMILES string of the molecule is CSCC(C)NS(=O)(=O)c1cc(CNC2CC2)ccc1C. The van der Waals surface area contributed by atoms with Crippen LogP contribution in [-0.4, -0.2) is 32.5 Å². The molecule has 1 aliphatic rings. The molecular formula is C15H24N2O2S2. The van der Waals surface area contributed by atoms with Gasteiger partial charge in [-0.1, -0.05) is 12.1 Å². The van der Waals surface area contributed by atoms with E-state index in [9.17, 15) is 8.42 Å². The molecule has 0 radical (unpaired) electrons. The standard InChI is InChI=1S/C15H24N2O2S2/c1-11-4-5-13(9-16-14-6-7-14)8-15(11)21(18,19)17-12(2)10-20-3/h4-5,8,12,14,16-17H,6-7,9-10H2,1-3H3. The van der Waals surface area contributed by atoms with E-state index in [1.165, 1.54) is 12.8 Å². The number of sulfonamides is 1. The normalized spacial score (nSPS) is 16.9. The topological polar surface area (TPSA) is 58.2 Å². The van der Waals surface area contributed by atoms with Gasteiger partial charge in [0.05, 0.1) is 4.90 Å². The van der Waals surface area contributed by atoms with Gasteiger partial charge in [0.1, 0.15) is 0 Å². The maximum absolute atomic E-state index is 12.5. The molecule has 0 aromatic heterocycles. The van der Waals surface area contributed by atoms with Crippen LogP contribution in [0.15, 0.2) is 23.1 Å². The lowest BCUT2D eigenvalue weighted by molar-refractivity contribution is 0.570. The van der Waals surface area contributed by atoms with Gasteiger partial charge in [-0.05, 0) is 50.1 Å². The first-order valence-corrected chi connectivity index (χ1v) is 10.1. The van der Waals surface area contributed by atoms with Crippen LogP contribution in [0, 0.1) is 6.92 Å². The first-order chi connectivity index (χ1) is 9.92. The quantitative estimate of drug-likeness (QED) is 0.769. The minimum atomic E-state index is -3.45. The summed E-state index contributed by atoms with van der Waals surface area (Å²) >= 11 is 1.63. The van der Waals surface area contributed by atoms with Crippen molar-refractivity contribution >= 4 is 21.8 Å². The number of nitrogens with one attached hydrogen (secondary N) is 2. The van der Waals surface area contributed by atoms with Crippen molar-refractivity contribution in [2.24, 2.45) is 0 Å². The first-order valence-electron chi connectivity index (χ1n) is 7.26. The average Bonchev–Trinajstić information content (AvgIpc) is 3.21. The van der Waals surface area contributed by atoms with Gasteiger partial charge in [0.15, 0.2) is 0 Å². The monoisotopic (exact) mass is 328 g/mol. The zero-order valence-electron chi connectivity index (χ0n) is 12.8. The number of hydrogen-bond donors (Lipinski definition) is 2. The Morgan fingerprint density at radius 2 is 2.10 bits per heavy atom. The van der Waals surface area contributed by atoms with Crippen molar-refractivity contribution in [1.82, 2.24) is 10.0 Å². The summed E-state index contributed by atoms with van der Waals surface area (Å²) in [6.07, 6.45) is 4.43. The smallest absolute Gasteiger partial charge is 0.241 e. The molecule has 1 atom stereocenters. The van der Waals surface area contributed by atoms with Crippen molar-refractivity contribution in [3.63, 3.8) is 0 Å². The van der Waals surface area contributed by atoms with E-state index in [0.717, 1.165) is 23.4 Å². The lowest BCUT2D eigenvalue weighted by Gasteiger charge is -2.15. The summed E-state index contributed by atoms with van der Waals surface area (Å²) < 4.78 is 27.8. The molecule has 0 amide bonds. The molecule has 2 rings (SSSR count). The van der Waals surface area contributed by atoms with Gasteiger partial charge in [0.25, 0.3) is 0 Å². The van der Waals surface area contributed by atoms with Crippen LogP contribution in [0.25, 0.3) is 0 Å². The average molecular weight is 329 g/mol. The van der Waals surface area contributed by atoms with Crippen LogP contribution < -0.4 is 10.0 Å². The summed E-state index contributed by atoms with van der Waals surface area (Å²) in [5.74, 6) is 0.765. The van der Waals surface area contributed by atoms with Crippen molar-refractivity contribution in [2.45, 2.75) is 50.2 Å². The zero-order valence-corrected chi connectivity index (χ0v) is 14.5. The van der Waals surface area contributed by atoms with E-state index in [-0.39, 0.29) is 6.04 Å². The fourth-order valence-electron chi connectivity index (χ4n) is 2.21. The molecule has 21 heavy (non-hydrogen) atoms. The fourth-order valence-corrected chi connectivity index (χ4v) is 4.43. The van der Waals surface area contributed by atoms with Gasteiger partial charge in [-0.25, -0.2) is 13.1 Å². The van der Waals surface area contributed by atoms with Crippen LogP contribution in [0.2, 0.25) is 0 Å². The highest BCUT2D eigenvalue weighted by atomic mass is 32.2. The van der Waals surface area contributed by atoms with Gasteiger partial charge in [-0.15, -0.1) is 0 Å². The van der Waals surface area contributed by atoms with Crippen molar-refractivity contribution in [3.8, 4) is 0 Å². The molecule has 4 nitrogen and oxygen atoms in total. The molecule has 1 fully saturated rings. The predicted molar refractivity (Wildman–Crippen MR) is 89.2 cm³/mol. The second-order valence-corrected chi connectivity index (χ2v) is 8.33. The van der Waals surface area contributed by atoms with Crippen LogP contribution in [0.3, 0.4) is 0 Å². The molecule has 0 saturated heterocycles. The largest absolute Gasteiger partial charge is 0.310 e. The van der Waals surface area contributed by atoms with Gasteiger partial charge in [-0.2, -0.15) is 11.8 Å². The molecule has 6 heteroatoms. The van der Waals surface area contributed by atoms with Crippen molar-refractivity contribution in [1.29, 1.82) is 0 Å². The van der Waals surface area contributed by atoms with Crippen LogP contribution in [0.1, 0.15) is 30.9 Å². The Balaban J connectivity index is 2.13. The first kappa shape index (κ1) is 16.8. The third-order valence-electron chi connectivity index (χ3n) is 3.49. The van der Waals surface area contributed by atoms with Gasteiger partial charge in [0, 0.05) is 24.4 Å². The third kappa shape index (κ3) is 4.98. The highest BCUT2D eigenvalue weighted by molar-refractivity contribution is 7.98. The maximum Gasteiger partial charge on any atom is 0.241 e. The molecule has 1 unspecified atom stereocenters. The molecule has 118 valence electrons. The highest BCUT2D eigenvalue weighted by Gasteiger charge is 2.22. The van der Waals surface area contributed by atoms with E-state index >= 15 is 0 Å². The molecular weight excluding hydrogens is 304 g/mol. The Morgan fingerprint density at radius 1 is 1.38 bits per heavy atom. The Labute approximate surface area is 132 Å². The van der Waals surface area contributed by atoms with Gasteiger partial charge >= 0.3 is 0 Å². The fraction of sp³-hybridized carbons (Fsp3) is 0.600. The summed E-state index contributed by atoms with van der Waals surface area (Å²) in [7, 11) is -3.45. The third-order valence-corrected chi connectivity index (χ3v) is 6.05. The molecule has 1 aromatic rings. The van der Waals surface area contributed by atoms with Crippen LogP contribution in [-0.2, 0) is 16.6 Å². The molecule has 0 heterocycles. The number of hydrogen-bond acceptors (Lipinski definition) is 4. The van der Waals surface area contributed by atoms with Gasteiger partial charge in [-0.3, -0.25) is 0 Å². The maximum atomic E-state index is 12.5. The van der Waals surface area contributed by atoms with E-state index in [4.69, 9.17) is 0 Å². The van der Waals surface area contributed by atoms with Crippen molar-refractivity contribution in [2.75, 3.05) is 12.0 Å². The Hall–Kier alpha value is -0.560. The summed E-state index contributed by atoms with van der Waals surface area (Å²) in [4.78, 5) is 0.394. The van der Waals surface area contributed by atoms with E-state index in [2.05, 4.69) is 10.0 Å². The second-order valence-electron chi connectivity index (χ2n) is 5.73. The number of aryl methyl sites for hydroxylation is 1. The van der Waals surface area contributed by atoms with E-state index in [0.29, 0.717) is 10.9 Å². The minimum absolute atomic E-state index is 0.0716. The van der Waals surface area contributed by atoms with Crippen molar-refractivity contribution in [3.05, 3.63) is 29.3 Å². The highest BCUT2D eigenvalue weighted by Crippen LogP contribution is 2.21. The van der Waals surface area contributed by atoms with Crippen molar-refractivity contribution < 1.29 is 8.42 Å². The molecule has 0 spiro atoms. The predicted octanol–water partition coefficient (Wildman–Crippen LogP) is 2.28. The summed E-state index contributed by atoms with van der Waals surface area (Å²) in [5.41, 5.74) is 1.81. The Kier molecular flexibility index (Phi) is 5.71. The molecule has 0 aliphatic heterocycles. The zero-order chi connectivity index (χ0) is 15.5. The summed E-state index contributed by atoms with van der Waals surface area (Å²) in [5, 5.41) is 3.41.